The number of anilines is 2. The van der Waals surface area contributed by atoms with E-state index in [0.717, 1.165) is 6.42 Å². The van der Waals surface area contributed by atoms with E-state index in [1.807, 2.05) is 6.07 Å². The summed E-state index contributed by atoms with van der Waals surface area (Å²) in [5.74, 6) is 1.37. The molecule has 2 heterocycles. The molecule has 0 atom stereocenters. The van der Waals surface area contributed by atoms with Crippen LogP contribution in [0.2, 0.25) is 0 Å². The molecule has 2 aromatic rings. The molecule has 1 aromatic heterocycles. The van der Waals surface area contributed by atoms with Gasteiger partial charge in [-0.3, -0.25) is 0 Å². The highest BCUT2D eigenvalue weighted by atomic mass is 16.5. The molecular formula is C14H13N5O2. The summed E-state index contributed by atoms with van der Waals surface area (Å²) in [6, 6.07) is 7.34. The fourth-order valence-corrected chi connectivity index (χ4v) is 2.13. The van der Waals surface area contributed by atoms with Crippen molar-refractivity contribution in [3.05, 3.63) is 23.8 Å². The van der Waals surface area contributed by atoms with Crippen molar-refractivity contribution in [2.75, 3.05) is 24.7 Å². The van der Waals surface area contributed by atoms with E-state index in [1.54, 1.807) is 18.2 Å². The fourth-order valence-electron chi connectivity index (χ4n) is 2.13. The molecule has 0 fully saturated rings. The molecule has 0 unspecified atom stereocenters. The van der Waals surface area contributed by atoms with Gasteiger partial charge in [0.1, 0.15) is 17.5 Å². The summed E-state index contributed by atoms with van der Waals surface area (Å²) in [6.45, 7) is 1.19. The normalized spacial score (nSPS) is 13.3. The Morgan fingerprint density at radius 3 is 2.62 bits per heavy atom. The zero-order valence-electron chi connectivity index (χ0n) is 11.2. The Morgan fingerprint density at radius 1 is 1.10 bits per heavy atom. The molecule has 21 heavy (non-hydrogen) atoms. The first-order valence-corrected chi connectivity index (χ1v) is 6.42. The van der Waals surface area contributed by atoms with E-state index in [9.17, 15) is 5.26 Å². The molecule has 1 aliphatic heterocycles. The molecule has 3 rings (SSSR count). The highest BCUT2D eigenvalue weighted by molar-refractivity contribution is 5.74. The van der Waals surface area contributed by atoms with Gasteiger partial charge in [0.05, 0.1) is 18.9 Å². The fraction of sp³-hybridized carbons (Fsp3) is 0.214. The highest BCUT2D eigenvalue weighted by Gasteiger charge is 2.16. The number of rotatable bonds is 1. The van der Waals surface area contributed by atoms with Gasteiger partial charge >= 0.3 is 0 Å². The van der Waals surface area contributed by atoms with Crippen molar-refractivity contribution in [2.24, 2.45) is 0 Å². The van der Waals surface area contributed by atoms with Gasteiger partial charge in [0.2, 0.25) is 5.95 Å². The predicted octanol–water partition coefficient (Wildman–Crippen LogP) is 1.34. The van der Waals surface area contributed by atoms with Gasteiger partial charge in [0.15, 0.2) is 11.5 Å². The third-order valence-electron chi connectivity index (χ3n) is 3.09. The Hall–Kier alpha value is -3.01. The van der Waals surface area contributed by atoms with Gasteiger partial charge in [0.25, 0.3) is 0 Å². The largest absolute Gasteiger partial charge is 0.490 e. The molecule has 1 aliphatic rings. The van der Waals surface area contributed by atoms with E-state index < -0.39 is 0 Å². The Bertz CT molecular complexity index is 739. The molecular weight excluding hydrogens is 270 g/mol. The van der Waals surface area contributed by atoms with Gasteiger partial charge in [-0.1, -0.05) is 0 Å². The van der Waals surface area contributed by atoms with Crippen molar-refractivity contribution in [1.82, 2.24) is 9.97 Å². The van der Waals surface area contributed by atoms with Gasteiger partial charge in [-0.05, 0) is 18.2 Å². The lowest BCUT2D eigenvalue weighted by Gasteiger charge is -2.10. The maximum absolute atomic E-state index is 9.23. The molecule has 1 aromatic carbocycles. The van der Waals surface area contributed by atoms with Gasteiger partial charge < -0.3 is 20.9 Å². The number of nitriles is 1. The second-order valence-corrected chi connectivity index (χ2v) is 4.51. The van der Waals surface area contributed by atoms with E-state index in [1.165, 1.54) is 0 Å². The minimum absolute atomic E-state index is 0.0219. The van der Waals surface area contributed by atoms with Crippen molar-refractivity contribution in [3.63, 3.8) is 0 Å². The van der Waals surface area contributed by atoms with Crippen LogP contribution in [0.4, 0.5) is 11.8 Å². The Morgan fingerprint density at radius 2 is 1.86 bits per heavy atom. The number of nitrogen functional groups attached to an aromatic ring is 2. The summed E-state index contributed by atoms with van der Waals surface area (Å²) >= 11 is 0. The minimum Gasteiger partial charge on any atom is -0.490 e. The third-order valence-corrected chi connectivity index (χ3v) is 3.09. The molecule has 7 heteroatoms. The summed E-state index contributed by atoms with van der Waals surface area (Å²) in [5.41, 5.74) is 12.6. The molecule has 0 spiro atoms. The molecule has 4 N–H and O–H groups in total. The summed E-state index contributed by atoms with van der Waals surface area (Å²) in [5, 5.41) is 9.23. The first-order valence-electron chi connectivity index (χ1n) is 6.42. The number of hydrogen-bond acceptors (Lipinski definition) is 7. The smallest absolute Gasteiger partial charge is 0.222 e. The van der Waals surface area contributed by atoms with E-state index in [-0.39, 0.29) is 17.3 Å². The Kier molecular flexibility index (Phi) is 3.20. The summed E-state index contributed by atoms with van der Waals surface area (Å²) in [7, 11) is 0. The minimum atomic E-state index is 0.0219. The van der Waals surface area contributed by atoms with E-state index >= 15 is 0 Å². The van der Waals surface area contributed by atoms with E-state index in [2.05, 4.69) is 9.97 Å². The molecule has 0 aliphatic carbocycles. The summed E-state index contributed by atoms with van der Waals surface area (Å²) in [6.07, 6.45) is 0.820. The number of nitrogens with zero attached hydrogens (tertiary/aromatic N) is 3. The topological polar surface area (TPSA) is 120 Å². The van der Waals surface area contributed by atoms with Crippen LogP contribution in [0.25, 0.3) is 11.3 Å². The van der Waals surface area contributed by atoms with Gasteiger partial charge in [-0.15, -0.1) is 0 Å². The third kappa shape index (κ3) is 2.39. The van der Waals surface area contributed by atoms with Crippen LogP contribution in [0.3, 0.4) is 0 Å². The van der Waals surface area contributed by atoms with Gasteiger partial charge in [-0.25, -0.2) is 4.98 Å². The summed E-state index contributed by atoms with van der Waals surface area (Å²) < 4.78 is 11.2. The van der Waals surface area contributed by atoms with E-state index in [0.29, 0.717) is 36.0 Å². The molecule has 0 bridgehead atoms. The quantitative estimate of drug-likeness (QED) is 0.810. The number of benzene rings is 1. The molecule has 0 radical (unpaired) electrons. The maximum atomic E-state index is 9.23. The van der Waals surface area contributed by atoms with Crippen molar-refractivity contribution >= 4 is 11.8 Å². The zero-order valence-corrected chi connectivity index (χ0v) is 11.2. The average molecular weight is 283 g/mol. The van der Waals surface area contributed by atoms with Crippen LogP contribution in [0.5, 0.6) is 11.5 Å². The lowest BCUT2D eigenvalue weighted by atomic mass is 10.1. The molecule has 7 nitrogen and oxygen atoms in total. The molecule has 0 amide bonds. The Labute approximate surface area is 121 Å². The Balaban J connectivity index is 2.13. The molecule has 106 valence electrons. The predicted molar refractivity (Wildman–Crippen MR) is 76.6 cm³/mol. The van der Waals surface area contributed by atoms with Gasteiger partial charge in [-0.2, -0.15) is 10.2 Å². The summed E-state index contributed by atoms with van der Waals surface area (Å²) in [4.78, 5) is 7.91. The molecule has 0 saturated heterocycles. The van der Waals surface area contributed by atoms with Crippen molar-refractivity contribution in [2.45, 2.75) is 6.42 Å². The maximum Gasteiger partial charge on any atom is 0.222 e. The number of aromatic nitrogens is 2. The lowest BCUT2D eigenvalue weighted by Crippen LogP contribution is -2.05. The first-order chi connectivity index (χ1) is 10.2. The van der Waals surface area contributed by atoms with Crippen LogP contribution >= 0.6 is 0 Å². The average Bonchev–Trinajstić information content (AvgIpc) is 2.71. The lowest BCUT2D eigenvalue weighted by molar-refractivity contribution is 0.297. The first kappa shape index (κ1) is 13.0. The standard InChI is InChI=1S/C14H13N5O2/c15-7-9-12(18-14(17)19-13(9)16)8-2-3-10-11(6-8)21-5-1-4-20-10/h2-3,6H,1,4-5H2,(H4,16,17,18,19). The van der Waals surface area contributed by atoms with Crippen LogP contribution in [-0.4, -0.2) is 23.2 Å². The second kappa shape index (κ2) is 5.17. The van der Waals surface area contributed by atoms with Crippen molar-refractivity contribution in [1.29, 1.82) is 5.26 Å². The number of nitrogens with two attached hydrogens (primary N) is 2. The SMILES string of the molecule is N#Cc1c(N)nc(N)nc1-c1ccc2c(c1)OCCCO2. The monoisotopic (exact) mass is 283 g/mol. The van der Waals surface area contributed by atoms with Crippen LogP contribution in [0.1, 0.15) is 12.0 Å². The van der Waals surface area contributed by atoms with Crippen molar-refractivity contribution < 1.29 is 9.47 Å². The highest BCUT2D eigenvalue weighted by Crippen LogP contribution is 2.35. The van der Waals surface area contributed by atoms with E-state index in [4.69, 9.17) is 20.9 Å². The van der Waals surface area contributed by atoms with Crippen molar-refractivity contribution in [3.8, 4) is 28.8 Å². The zero-order chi connectivity index (χ0) is 14.8. The molecule has 0 saturated carbocycles. The number of ether oxygens (including phenoxy) is 2. The number of hydrogen-bond donors (Lipinski definition) is 2. The second-order valence-electron chi connectivity index (χ2n) is 4.51. The van der Waals surface area contributed by atoms with Crippen LogP contribution in [-0.2, 0) is 0 Å². The van der Waals surface area contributed by atoms with Crippen LogP contribution in [0.15, 0.2) is 18.2 Å². The van der Waals surface area contributed by atoms with Crippen LogP contribution < -0.4 is 20.9 Å². The van der Waals surface area contributed by atoms with Gasteiger partial charge in [0, 0.05) is 12.0 Å². The van der Waals surface area contributed by atoms with Crippen LogP contribution in [0, 0.1) is 11.3 Å². The number of fused-ring (bicyclic) bond motifs is 1.